The summed E-state index contributed by atoms with van der Waals surface area (Å²) >= 11 is 0. The predicted molar refractivity (Wildman–Crippen MR) is 94.9 cm³/mol. The molecule has 2 aliphatic rings. The zero-order valence-electron chi connectivity index (χ0n) is 14.0. The smallest absolute Gasteiger partial charge is 0.191 e. The van der Waals surface area contributed by atoms with Gasteiger partial charge in [0.2, 0.25) is 0 Å². The fourth-order valence-corrected chi connectivity index (χ4v) is 3.12. The van der Waals surface area contributed by atoms with Gasteiger partial charge in [0.15, 0.2) is 5.96 Å². The SMILES string of the molecule is CN=C(NCCC1=CCOCC1)NCC1(c2ccccc2)CC1. The predicted octanol–water partition coefficient (Wildman–Crippen LogP) is 2.62. The highest BCUT2D eigenvalue weighted by molar-refractivity contribution is 5.79. The molecule has 0 radical (unpaired) electrons. The summed E-state index contributed by atoms with van der Waals surface area (Å²) in [5, 5.41) is 6.93. The molecule has 1 aromatic carbocycles. The molecule has 1 heterocycles. The van der Waals surface area contributed by atoms with Gasteiger partial charge in [0.1, 0.15) is 0 Å². The van der Waals surface area contributed by atoms with Crippen LogP contribution in [0.3, 0.4) is 0 Å². The van der Waals surface area contributed by atoms with Crippen molar-refractivity contribution in [3.8, 4) is 0 Å². The number of benzene rings is 1. The molecule has 124 valence electrons. The second-order valence-electron chi connectivity index (χ2n) is 6.44. The zero-order chi connectivity index (χ0) is 16.0. The molecule has 0 spiro atoms. The molecule has 1 saturated carbocycles. The van der Waals surface area contributed by atoms with Crippen LogP contribution in [0.4, 0.5) is 0 Å². The topological polar surface area (TPSA) is 45.7 Å². The standard InChI is InChI=1S/C19H27N3O/c1-20-18(21-12-7-16-8-13-23-14-9-16)22-15-19(10-11-19)17-5-3-2-4-6-17/h2-6,8H,7,9-15H2,1H3,(H2,20,21,22). The molecule has 1 aliphatic heterocycles. The molecule has 4 heteroatoms. The molecular formula is C19H27N3O. The van der Waals surface area contributed by atoms with Gasteiger partial charge in [-0.3, -0.25) is 4.99 Å². The fraction of sp³-hybridized carbons (Fsp3) is 0.526. The van der Waals surface area contributed by atoms with Crippen molar-refractivity contribution in [1.82, 2.24) is 10.6 Å². The minimum Gasteiger partial charge on any atom is -0.377 e. The first-order chi connectivity index (χ1) is 11.3. The van der Waals surface area contributed by atoms with E-state index in [-0.39, 0.29) is 0 Å². The second-order valence-corrected chi connectivity index (χ2v) is 6.44. The van der Waals surface area contributed by atoms with Gasteiger partial charge in [-0.05, 0) is 31.2 Å². The van der Waals surface area contributed by atoms with Gasteiger partial charge < -0.3 is 15.4 Å². The van der Waals surface area contributed by atoms with Crippen LogP contribution in [-0.4, -0.2) is 39.3 Å². The molecule has 1 aliphatic carbocycles. The second kappa shape index (κ2) is 7.64. The number of aliphatic imine (C=N–C) groups is 1. The maximum absolute atomic E-state index is 5.34. The Morgan fingerprint density at radius 1 is 1.22 bits per heavy atom. The van der Waals surface area contributed by atoms with Crippen LogP contribution in [0.25, 0.3) is 0 Å². The molecule has 0 unspecified atom stereocenters. The number of rotatable bonds is 6. The Bertz CT molecular complexity index is 561. The largest absolute Gasteiger partial charge is 0.377 e. The molecule has 4 nitrogen and oxygen atoms in total. The lowest BCUT2D eigenvalue weighted by molar-refractivity contribution is 0.153. The zero-order valence-corrected chi connectivity index (χ0v) is 14.0. The molecule has 23 heavy (non-hydrogen) atoms. The summed E-state index contributed by atoms with van der Waals surface area (Å²) in [6.45, 7) is 3.50. The van der Waals surface area contributed by atoms with E-state index in [4.69, 9.17) is 4.74 Å². The third-order valence-electron chi connectivity index (χ3n) is 4.85. The van der Waals surface area contributed by atoms with E-state index in [0.29, 0.717) is 5.41 Å². The number of ether oxygens (including phenoxy) is 1. The van der Waals surface area contributed by atoms with Gasteiger partial charge in [0, 0.05) is 25.6 Å². The summed E-state index contributed by atoms with van der Waals surface area (Å²) < 4.78 is 5.34. The lowest BCUT2D eigenvalue weighted by Gasteiger charge is -2.19. The molecule has 3 rings (SSSR count). The van der Waals surface area contributed by atoms with E-state index in [1.807, 2.05) is 7.05 Å². The average molecular weight is 313 g/mol. The van der Waals surface area contributed by atoms with Crippen LogP contribution in [0, 0.1) is 0 Å². The third-order valence-corrected chi connectivity index (χ3v) is 4.85. The van der Waals surface area contributed by atoms with E-state index in [2.05, 4.69) is 52.0 Å². The fourth-order valence-electron chi connectivity index (χ4n) is 3.12. The highest BCUT2D eigenvalue weighted by Gasteiger charge is 2.43. The first-order valence-electron chi connectivity index (χ1n) is 8.58. The van der Waals surface area contributed by atoms with Crippen molar-refractivity contribution >= 4 is 5.96 Å². The highest BCUT2D eigenvalue weighted by Crippen LogP contribution is 2.47. The van der Waals surface area contributed by atoms with Crippen LogP contribution in [-0.2, 0) is 10.2 Å². The summed E-state index contributed by atoms with van der Waals surface area (Å²) in [6, 6.07) is 10.8. The third kappa shape index (κ3) is 4.35. The average Bonchev–Trinajstić information content (AvgIpc) is 3.41. The van der Waals surface area contributed by atoms with Crippen LogP contribution in [0.2, 0.25) is 0 Å². The van der Waals surface area contributed by atoms with Crippen molar-refractivity contribution in [3.63, 3.8) is 0 Å². The summed E-state index contributed by atoms with van der Waals surface area (Å²) in [4.78, 5) is 4.35. The molecule has 0 amide bonds. The normalized spacial score (nSPS) is 19.9. The quantitative estimate of drug-likeness (QED) is 0.482. The number of nitrogens with one attached hydrogen (secondary N) is 2. The molecule has 0 saturated heterocycles. The van der Waals surface area contributed by atoms with Gasteiger partial charge in [-0.2, -0.15) is 0 Å². The number of guanidine groups is 1. The monoisotopic (exact) mass is 313 g/mol. The summed E-state index contributed by atoms with van der Waals surface area (Å²) in [7, 11) is 1.84. The molecule has 0 aromatic heterocycles. The summed E-state index contributed by atoms with van der Waals surface area (Å²) in [5.74, 6) is 0.903. The van der Waals surface area contributed by atoms with Gasteiger partial charge in [0.05, 0.1) is 13.2 Å². The number of hydrogen-bond donors (Lipinski definition) is 2. The van der Waals surface area contributed by atoms with Crippen LogP contribution < -0.4 is 10.6 Å². The maximum atomic E-state index is 5.34. The van der Waals surface area contributed by atoms with Gasteiger partial charge in [-0.25, -0.2) is 0 Å². The van der Waals surface area contributed by atoms with Crippen molar-refractivity contribution in [1.29, 1.82) is 0 Å². The Labute approximate surface area is 139 Å². The van der Waals surface area contributed by atoms with Crippen molar-refractivity contribution in [3.05, 3.63) is 47.5 Å². The Kier molecular flexibility index (Phi) is 5.34. The molecule has 0 bridgehead atoms. The molecule has 0 atom stereocenters. The van der Waals surface area contributed by atoms with Crippen molar-refractivity contribution in [2.24, 2.45) is 4.99 Å². The van der Waals surface area contributed by atoms with E-state index in [0.717, 1.165) is 45.1 Å². The Balaban J connectivity index is 1.44. The van der Waals surface area contributed by atoms with Crippen LogP contribution in [0.15, 0.2) is 47.0 Å². The van der Waals surface area contributed by atoms with Crippen molar-refractivity contribution < 1.29 is 4.74 Å². The van der Waals surface area contributed by atoms with Gasteiger partial charge >= 0.3 is 0 Å². The summed E-state index contributed by atoms with van der Waals surface area (Å²) in [6.07, 6.45) is 6.84. The first-order valence-corrected chi connectivity index (χ1v) is 8.58. The Morgan fingerprint density at radius 2 is 2.04 bits per heavy atom. The molecule has 1 aromatic rings. The van der Waals surface area contributed by atoms with E-state index >= 15 is 0 Å². The highest BCUT2D eigenvalue weighted by atomic mass is 16.5. The van der Waals surface area contributed by atoms with Crippen molar-refractivity contribution in [2.75, 3.05) is 33.4 Å². The summed E-state index contributed by atoms with van der Waals surface area (Å²) in [5.41, 5.74) is 3.24. The van der Waals surface area contributed by atoms with E-state index in [1.165, 1.54) is 24.0 Å². The molecule has 2 N–H and O–H groups in total. The van der Waals surface area contributed by atoms with E-state index in [1.54, 1.807) is 0 Å². The first kappa shape index (κ1) is 16.1. The lowest BCUT2D eigenvalue weighted by Crippen LogP contribution is -2.41. The minimum absolute atomic E-state index is 0.308. The maximum Gasteiger partial charge on any atom is 0.191 e. The van der Waals surface area contributed by atoms with Gasteiger partial charge in [-0.1, -0.05) is 42.0 Å². The van der Waals surface area contributed by atoms with Crippen LogP contribution >= 0.6 is 0 Å². The molecule has 1 fully saturated rings. The Morgan fingerprint density at radius 3 is 2.70 bits per heavy atom. The number of nitrogens with zero attached hydrogens (tertiary/aromatic N) is 1. The Hall–Kier alpha value is -1.81. The van der Waals surface area contributed by atoms with Crippen molar-refractivity contribution in [2.45, 2.75) is 31.1 Å². The van der Waals surface area contributed by atoms with E-state index < -0.39 is 0 Å². The van der Waals surface area contributed by atoms with Crippen LogP contribution in [0.1, 0.15) is 31.2 Å². The lowest BCUT2D eigenvalue weighted by atomic mass is 9.96. The van der Waals surface area contributed by atoms with Gasteiger partial charge in [0.25, 0.3) is 0 Å². The van der Waals surface area contributed by atoms with Crippen LogP contribution in [0.5, 0.6) is 0 Å². The van der Waals surface area contributed by atoms with Gasteiger partial charge in [-0.15, -0.1) is 0 Å². The molecular weight excluding hydrogens is 286 g/mol. The number of hydrogen-bond acceptors (Lipinski definition) is 2. The minimum atomic E-state index is 0.308. The van der Waals surface area contributed by atoms with E-state index in [9.17, 15) is 0 Å².